The van der Waals surface area contributed by atoms with Gasteiger partial charge in [-0.25, -0.2) is 0 Å². The molecule has 1 amide bonds. The zero-order valence-electron chi connectivity index (χ0n) is 16.6. The predicted molar refractivity (Wildman–Crippen MR) is 112 cm³/mol. The highest BCUT2D eigenvalue weighted by Crippen LogP contribution is 2.37. The van der Waals surface area contributed by atoms with Gasteiger partial charge in [0.2, 0.25) is 0 Å². The number of hydrogen-bond acceptors (Lipinski definition) is 4. The standard InChI is InChI=1S/C22H23ClN2O3/c1-13(2)28-21-18(23)10-16(11-19(21)27-5)9-17(12-24)22(26)25-20-14(3)7-6-8-15(20)4/h6-11,13H,1-5H3,(H,25,26)/b17-9+. The molecule has 0 atom stereocenters. The minimum absolute atomic E-state index is 0.0432. The van der Waals surface area contributed by atoms with Gasteiger partial charge in [-0.2, -0.15) is 5.26 Å². The van der Waals surface area contributed by atoms with Gasteiger partial charge < -0.3 is 14.8 Å². The van der Waals surface area contributed by atoms with Crippen LogP contribution in [0, 0.1) is 25.2 Å². The number of nitriles is 1. The molecular weight excluding hydrogens is 376 g/mol. The summed E-state index contributed by atoms with van der Waals surface area (Å²) in [5.74, 6) is 0.368. The fraction of sp³-hybridized carbons (Fsp3) is 0.273. The zero-order valence-corrected chi connectivity index (χ0v) is 17.3. The van der Waals surface area contributed by atoms with Crippen LogP contribution >= 0.6 is 11.6 Å². The minimum Gasteiger partial charge on any atom is -0.493 e. The van der Waals surface area contributed by atoms with Crippen molar-refractivity contribution in [3.8, 4) is 17.6 Å². The lowest BCUT2D eigenvalue weighted by Gasteiger charge is -2.16. The molecule has 1 N–H and O–H groups in total. The highest BCUT2D eigenvalue weighted by atomic mass is 35.5. The number of methoxy groups -OCH3 is 1. The molecular formula is C22H23ClN2O3. The van der Waals surface area contributed by atoms with E-state index in [9.17, 15) is 10.1 Å². The number of amides is 1. The average molecular weight is 399 g/mol. The number of carbonyl (C=O) groups excluding carboxylic acids is 1. The van der Waals surface area contributed by atoms with Crippen molar-refractivity contribution in [3.05, 3.63) is 57.6 Å². The molecule has 28 heavy (non-hydrogen) atoms. The second-order valence-corrected chi connectivity index (χ2v) is 7.00. The third-order valence-electron chi connectivity index (χ3n) is 4.00. The van der Waals surface area contributed by atoms with Gasteiger partial charge in [0, 0.05) is 5.69 Å². The number of nitrogens with one attached hydrogen (secondary N) is 1. The van der Waals surface area contributed by atoms with Gasteiger partial charge in [-0.1, -0.05) is 29.8 Å². The van der Waals surface area contributed by atoms with Crippen LogP contribution in [0.4, 0.5) is 5.69 Å². The number of carbonyl (C=O) groups is 1. The molecule has 2 aromatic rings. The molecule has 2 rings (SSSR count). The number of para-hydroxylation sites is 1. The van der Waals surface area contributed by atoms with Gasteiger partial charge >= 0.3 is 0 Å². The van der Waals surface area contributed by atoms with Gasteiger partial charge in [-0.15, -0.1) is 0 Å². The number of hydrogen-bond donors (Lipinski definition) is 1. The summed E-state index contributed by atoms with van der Waals surface area (Å²) in [6, 6.07) is 11.0. The molecule has 0 radical (unpaired) electrons. The van der Waals surface area contributed by atoms with Crippen LogP contribution < -0.4 is 14.8 Å². The molecule has 0 aliphatic rings. The molecule has 5 nitrogen and oxygen atoms in total. The van der Waals surface area contributed by atoms with Crippen molar-refractivity contribution >= 4 is 29.3 Å². The molecule has 0 unspecified atom stereocenters. The smallest absolute Gasteiger partial charge is 0.266 e. The van der Waals surface area contributed by atoms with Crippen molar-refractivity contribution in [3.63, 3.8) is 0 Å². The molecule has 6 heteroatoms. The first-order chi connectivity index (χ1) is 13.3. The van der Waals surface area contributed by atoms with Crippen LogP contribution in [-0.4, -0.2) is 19.1 Å². The number of ether oxygens (including phenoxy) is 2. The van der Waals surface area contributed by atoms with Crippen LogP contribution in [0.15, 0.2) is 35.9 Å². The van der Waals surface area contributed by atoms with Crippen LogP contribution in [0.2, 0.25) is 5.02 Å². The van der Waals surface area contributed by atoms with E-state index in [1.54, 1.807) is 12.1 Å². The van der Waals surface area contributed by atoms with Gasteiger partial charge in [0.15, 0.2) is 11.5 Å². The Morgan fingerprint density at radius 1 is 1.25 bits per heavy atom. The van der Waals surface area contributed by atoms with Crippen LogP contribution in [0.3, 0.4) is 0 Å². The van der Waals surface area contributed by atoms with Crippen LogP contribution in [0.25, 0.3) is 6.08 Å². The van der Waals surface area contributed by atoms with Crippen molar-refractivity contribution in [2.45, 2.75) is 33.8 Å². The molecule has 0 bridgehead atoms. The third-order valence-corrected chi connectivity index (χ3v) is 4.28. The van der Waals surface area contributed by atoms with Crippen molar-refractivity contribution in [1.29, 1.82) is 5.26 Å². The van der Waals surface area contributed by atoms with Gasteiger partial charge in [-0.05, 0) is 62.6 Å². The molecule has 0 saturated carbocycles. The van der Waals surface area contributed by atoms with E-state index in [1.165, 1.54) is 13.2 Å². The topological polar surface area (TPSA) is 71.3 Å². The van der Waals surface area contributed by atoms with E-state index < -0.39 is 5.91 Å². The SMILES string of the molecule is COc1cc(/C=C(\C#N)C(=O)Nc2c(C)cccc2C)cc(Cl)c1OC(C)C. The third kappa shape index (κ3) is 5.05. The first kappa shape index (κ1) is 21.3. The maximum atomic E-state index is 12.6. The van der Waals surface area contributed by atoms with Crippen LogP contribution in [-0.2, 0) is 4.79 Å². The van der Waals surface area contributed by atoms with Crippen LogP contribution in [0.5, 0.6) is 11.5 Å². The molecule has 0 heterocycles. The van der Waals surface area contributed by atoms with E-state index in [0.717, 1.165) is 11.1 Å². The summed E-state index contributed by atoms with van der Waals surface area (Å²) in [5, 5.41) is 12.6. The molecule has 0 aliphatic carbocycles. The number of aryl methyl sites for hydroxylation is 2. The highest BCUT2D eigenvalue weighted by Gasteiger charge is 2.16. The summed E-state index contributed by atoms with van der Waals surface area (Å²) in [7, 11) is 1.51. The Morgan fingerprint density at radius 2 is 1.89 bits per heavy atom. The molecule has 0 fully saturated rings. The minimum atomic E-state index is -0.488. The number of anilines is 1. The van der Waals surface area contributed by atoms with Crippen molar-refractivity contribution in [2.75, 3.05) is 12.4 Å². The normalized spacial score (nSPS) is 11.1. The summed E-state index contributed by atoms with van der Waals surface area (Å²) >= 11 is 6.32. The predicted octanol–water partition coefficient (Wildman–Crippen LogP) is 5.30. The second-order valence-electron chi connectivity index (χ2n) is 6.59. The quantitative estimate of drug-likeness (QED) is 0.529. The van der Waals surface area contributed by atoms with E-state index in [4.69, 9.17) is 21.1 Å². The molecule has 0 saturated heterocycles. The van der Waals surface area contributed by atoms with Crippen LogP contribution in [0.1, 0.15) is 30.5 Å². The maximum Gasteiger partial charge on any atom is 0.266 e. The molecule has 0 spiro atoms. The zero-order chi connectivity index (χ0) is 20.8. The Balaban J connectivity index is 2.37. The van der Waals surface area contributed by atoms with Crippen molar-refractivity contribution < 1.29 is 14.3 Å². The summed E-state index contributed by atoms with van der Waals surface area (Å²) in [6.07, 6.45) is 1.39. The Bertz CT molecular complexity index is 939. The Kier molecular flexibility index (Phi) is 7.08. The van der Waals surface area contributed by atoms with Crippen molar-refractivity contribution in [2.24, 2.45) is 0 Å². The van der Waals surface area contributed by atoms with Gasteiger partial charge in [0.05, 0.1) is 18.2 Å². The van der Waals surface area contributed by atoms with Gasteiger partial charge in [0.25, 0.3) is 5.91 Å². The van der Waals surface area contributed by atoms with E-state index in [2.05, 4.69) is 5.32 Å². The van der Waals surface area contributed by atoms with E-state index >= 15 is 0 Å². The molecule has 2 aromatic carbocycles. The summed E-state index contributed by atoms with van der Waals surface area (Å²) in [6.45, 7) is 7.57. The summed E-state index contributed by atoms with van der Waals surface area (Å²) in [4.78, 5) is 12.6. The van der Waals surface area contributed by atoms with Gasteiger partial charge in [0.1, 0.15) is 11.6 Å². The Labute approximate surface area is 170 Å². The highest BCUT2D eigenvalue weighted by molar-refractivity contribution is 6.32. The number of rotatable bonds is 6. The monoisotopic (exact) mass is 398 g/mol. The lowest BCUT2D eigenvalue weighted by molar-refractivity contribution is -0.112. The number of halogens is 1. The van der Waals surface area contributed by atoms with E-state index in [1.807, 2.05) is 52.0 Å². The van der Waals surface area contributed by atoms with E-state index in [-0.39, 0.29) is 11.7 Å². The van der Waals surface area contributed by atoms with Crippen molar-refractivity contribution in [1.82, 2.24) is 0 Å². The average Bonchev–Trinajstić information content (AvgIpc) is 2.64. The second kappa shape index (κ2) is 9.29. The molecule has 146 valence electrons. The fourth-order valence-electron chi connectivity index (χ4n) is 2.68. The molecule has 0 aliphatic heterocycles. The first-order valence-corrected chi connectivity index (χ1v) is 9.18. The van der Waals surface area contributed by atoms with Gasteiger partial charge in [-0.3, -0.25) is 4.79 Å². The fourth-order valence-corrected chi connectivity index (χ4v) is 2.94. The lowest BCUT2D eigenvalue weighted by atomic mass is 10.1. The number of nitrogens with zero attached hydrogens (tertiary/aromatic N) is 1. The first-order valence-electron chi connectivity index (χ1n) is 8.80. The number of benzene rings is 2. The Hall–Kier alpha value is -2.97. The lowest BCUT2D eigenvalue weighted by Crippen LogP contribution is -2.15. The summed E-state index contributed by atoms with van der Waals surface area (Å²) in [5.41, 5.74) is 3.06. The Morgan fingerprint density at radius 3 is 2.43 bits per heavy atom. The maximum absolute atomic E-state index is 12.6. The largest absolute Gasteiger partial charge is 0.493 e. The molecule has 0 aromatic heterocycles. The van der Waals surface area contributed by atoms with E-state index in [0.29, 0.717) is 27.8 Å². The summed E-state index contributed by atoms with van der Waals surface area (Å²) < 4.78 is 11.0.